The molecule has 0 saturated carbocycles. The number of aromatic nitrogens is 1. The Morgan fingerprint density at radius 3 is 2.50 bits per heavy atom. The molecule has 1 heterocycles. The fourth-order valence-electron chi connectivity index (χ4n) is 1.62. The molecule has 20 heavy (non-hydrogen) atoms. The molecule has 0 saturated heterocycles. The van der Waals surface area contributed by atoms with Gasteiger partial charge < -0.3 is 5.32 Å². The van der Waals surface area contributed by atoms with E-state index in [9.17, 15) is 22.0 Å². The monoisotopic (exact) mass is 288 g/mol. The van der Waals surface area contributed by atoms with Gasteiger partial charge in [0.25, 0.3) is 0 Å². The van der Waals surface area contributed by atoms with Crippen molar-refractivity contribution in [3.8, 4) is 0 Å². The molecule has 0 fully saturated rings. The number of halogens is 5. The van der Waals surface area contributed by atoms with Crippen LogP contribution in [0.5, 0.6) is 0 Å². The van der Waals surface area contributed by atoms with E-state index in [1.165, 1.54) is 6.20 Å². The Kier molecular flexibility index (Phi) is 3.87. The van der Waals surface area contributed by atoms with E-state index in [0.717, 1.165) is 24.3 Å². The normalized spacial score (nSPS) is 11.4. The fourth-order valence-corrected chi connectivity index (χ4v) is 1.62. The predicted molar refractivity (Wildman–Crippen MR) is 62.9 cm³/mol. The summed E-state index contributed by atoms with van der Waals surface area (Å²) in [5.41, 5.74) is -0.896. The minimum Gasteiger partial charge on any atom is -0.365 e. The van der Waals surface area contributed by atoms with E-state index in [1.807, 2.05) is 0 Å². The van der Waals surface area contributed by atoms with Crippen LogP contribution in [0.4, 0.5) is 27.8 Å². The van der Waals surface area contributed by atoms with Gasteiger partial charge in [-0.3, -0.25) is 0 Å². The summed E-state index contributed by atoms with van der Waals surface area (Å²) in [4.78, 5) is 3.58. The van der Waals surface area contributed by atoms with E-state index in [4.69, 9.17) is 0 Å². The number of rotatable bonds is 3. The maximum absolute atomic E-state index is 13.4. The highest BCUT2D eigenvalue weighted by Gasteiger charge is 2.34. The number of anilines is 1. The first kappa shape index (κ1) is 14.2. The molecule has 0 aliphatic rings. The van der Waals surface area contributed by atoms with E-state index < -0.39 is 29.2 Å². The van der Waals surface area contributed by atoms with E-state index in [2.05, 4.69) is 10.3 Å². The summed E-state index contributed by atoms with van der Waals surface area (Å²) in [5, 5.41) is 2.40. The summed E-state index contributed by atoms with van der Waals surface area (Å²) in [5.74, 6) is -1.98. The molecule has 1 aromatic carbocycles. The number of benzene rings is 1. The zero-order valence-corrected chi connectivity index (χ0v) is 10.0. The zero-order chi connectivity index (χ0) is 14.8. The molecular formula is C13H9F5N2. The van der Waals surface area contributed by atoms with Crippen LogP contribution < -0.4 is 5.32 Å². The predicted octanol–water partition coefficient (Wildman–Crippen LogP) is 3.99. The second-order valence-electron chi connectivity index (χ2n) is 3.99. The van der Waals surface area contributed by atoms with Crippen LogP contribution in [0.2, 0.25) is 0 Å². The van der Waals surface area contributed by atoms with Crippen molar-refractivity contribution in [2.45, 2.75) is 12.7 Å². The van der Waals surface area contributed by atoms with Crippen LogP contribution >= 0.6 is 0 Å². The average Bonchev–Trinajstić information content (AvgIpc) is 2.37. The van der Waals surface area contributed by atoms with Gasteiger partial charge in [0, 0.05) is 24.4 Å². The highest BCUT2D eigenvalue weighted by atomic mass is 19.4. The molecule has 0 aliphatic carbocycles. The topological polar surface area (TPSA) is 24.9 Å². The minimum absolute atomic E-state index is 0.0465. The van der Waals surface area contributed by atoms with Crippen molar-refractivity contribution in [3.05, 3.63) is 59.3 Å². The lowest BCUT2D eigenvalue weighted by molar-refractivity contribution is -0.137. The van der Waals surface area contributed by atoms with Crippen molar-refractivity contribution in [1.29, 1.82) is 0 Å². The van der Waals surface area contributed by atoms with Gasteiger partial charge in [-0.25, -0.2) is 13.8 Å². The lowest BCUT2D eigenvalue weighted by Gasteiger charge is -2.13. The van der Waals surface area contributed by atoms with Crippen molar-refractivity contribution in [3.63, 3.8) is 0 Å². The van der Waals surface area contributed by atoms with Gasteiger partial charge >= 0.3 is 6.18 Å². The Hall–Kier alpha value is -2.18. The Labute approximate surface area is 111 Å². The summed E-state index contributed by atoms with van der Waals surface area (Å²) in [6.45, 7) is -0.230. The molecule has 2 rings (SSSR count). The van der Waals surface area contributed by atoms with Gasteiger partial charge in [0.1, 0.15) is 17.5 Å². The van der Waals surface area contributed by atoms with Crippen LogP contribution in [-0.4, -0.2) is 4.98 Å². The van der Waals surface area contributed by atoms with Crippen molar-refractivity contribution in [2.75, 3.05) is 5.32 Å². The fraction of sp³-hybridized carbons (Fsp3) is 0.154. The number of hydrogen-bond donors (Lipinski definition) is 1. The van der Waals surface area contributed by atoms with E-state index in [1.54, 1.807) is 0 Å². The standard InChI is InChI=1S/C13H9F5N2/c14-9-4-3-8(11(15)6-9)7-20-12-10(13(16,17)18)2-1-5-19-12/h1-6H,7H2,(H,19,20). The number of hydrogen-bond acceptors (Lipinski definition) is 2. The molecule has 0 amide bonds. The number of alkyl halides is 3. The molecule has 0 unspecified atom stereocenters. The first-order valence-corrected chi connectivity index (χ1v) is 5.58. The Morgan fingerprint density at radius 2 is 1.85 bits per heavy atom. The Morgan fingerprint density at radius 1 is 1.10 bits per heavy atom. The lowest BCUT2D eigenvalue weighted by Crippen LogP contribution is -2.12. The van der Waals surface area contributed by atoms with Gasteiger partial charge in [-0.1, -0.05) is 6.07 Å². The lowest BCUT2D eigenvalue weighted by atomic mass is 10.2. The number of pyridine rings is 1. The van der Waals surface area contributed by atoms with Crippen LogP contribution in [-0.2, 0) is 12.7 Å². The molecule has 106 valence electrons. The summed E-state index contributed by atoms with van der Waals surface area (Å²) in [6, 6.07) is 4.89. The Bertz CT molecular complexity index is 610. The average molecular weight is 288 g/mol. The van der Waals surface area contributed by atoms with E-state index in [0.29, 0.717) is 6.07 Å². The molecule has 1 aromatic heterocycles. The molecule has 7 heteroatoms. The molecule has 0 aliphatic heterocycles. The summed E-state index contributed by atoms with van der Waals surface area (Å²) in [6.07, 6.45) is -3.36. The third-order valence-electron chi connectivity index (χ3n) is 2.57. The Balaban J connectivity index is 2.19. The first-order valence-electron chi connectivity index (χ1n) is 5.58. The zero-order valence-electron chi connectivity index (χ0n) is 10.0. The highest BCUT2D eigenvalue weighted by Crippen LogP contribution is 2.33. The number of nitrogens with one attached hydrogen (secondary N) is 1. The van der Waals surface area contributed by atoms with Crippen LogP contribution in [0.25, 0.3) is 0 Å². The molecule has 1 N–H and O–H groups in total. The van der Waals surface area contributed by atoms with Gasteiger partial charge in [-0.05, 0) is 18.2 Å². The first-order chi connectivity index (χ1) is 9.38. The SMILES string of the molecule is Fc1ccc(CNc2ncccc2C(F)(F)F)c(F)c1. The smallest absolute Gasteiger partial charge is 0.365 e. The molecule has 0 radical (unpaired) electrons. The summed E-state index contributed by atoms with van der Waals surface area (Å²) >= 11 is 0. The third-order valence-corrected chi connectivity index (χ3v) is 2.57. The molecule has 2 nitrogen and oxygen atoms in total. The van der Waals surface area contributed by atoms with E-state index >= 15 is 0 Å². The molecule has 0 atom stereocenters. The maximum Gasteiger partial charge on any atom is 0.419 e. The highest BCUT2D eigenvalue weighted by molar-refractivity contribution is 5.46. The quantitative estimate of drug-likeness (QED) is 0.864. The van der Waals surface area contributed by atoms with Gasteiger partial charge in [0.15, 0.2) is 0 Å². The molecule has 2 aromatic rings. The van der Waals surface area contributed by atoms with Crippen LogP contribution in [0.15, 0.2) is 36.5 Å². The van der Waals surface area contributed by atoms with Crippen molar-refractivity contribution >= 4 is 5.82 Å². The van der Waals surface area contributed by atoms with Crippen LogP contribution in [0, 0.1) is 11.6 Å². The second-order valence-corrected chi connectivity index (χ2v) is 3.99. The van der Waals surface area contributed by atoms with Crippen molar-refractivity contribution in [1.82, 2.24) is 4.98 Å². The van der Waals surface area contributed by atoms with Crippen LogP contribution in [0.3, 0.4) is 0 Å². The van der Waals surface area contributed by atoms with E-state index in [-0.39, 0.29) is 12.1 Å². The van der Waals surface area contributed by atoms with Gasteiger partial charge in [-0.2, -0.15) is 13.2 Å². The minimum atomic E-state index is -4.56. The molecular weight excluding hydrogens is 279 g/mol. The van der Waals surface area contributed by atoms with Gasteiger partial charge in [-0.15, -0.1) is 0 Å². The molecule has 0 bridgehead atoms. The molecule has 0 spiro atoms. The van der Waals surface area contributed by atoms with Crippen molar-refractivity contribution < 1.29 is 22.0 Å². The second kappa shape index (κ2) is 5.44. The summed E-state index contributed by atoms with van der Waals surface area (Å²) < 4.78 is 64.2. The largest absolute Gasteiger partial charge is 0.419 e. The van der Waals surface area contributed by atoms with Crippen LogP contribution in [0.1, 0.15) is 11.1 Å². The summed E-state index contributed by atoms with van der Waals surface area (Å²) in [7, 11) is 0. The number of nitrogens with zero attached hydrogens (tertiary/aromatic N) is 1. The van der Waals surface area contributed by atoms with Crippen molar-refractivity contribution in [2.24, 2.45) is 0 Å². The van der Waals surface area contributed by atoms with Gasteiger partial charge in [0.05, 0.1) is 5.56 Å². The van der Waals surface area contributed by atoms with Gasteiger partial charge in [0.2, 0.25) is 0 Å². The third kappa shape index (κ3) is 3.23. The maximum atomic E-state index is 13.4.